The van der Waals surface area contributed by atoms with Crippen molar-refractivity contribution in [3.05, 3.63) is 33.8 Å². The topological polar surface area (TPSA) is 60.4 Å². The van der Waals surface area contributed by atoms with Crippen molar-refractivity contribution in [3.8, 4) is 0 Å². The van der Waals surface area contributed by atoms with Gasteiger partial charge in [0.2, 0.25) is 0 Å². The highest BCUT2D eigenvalue weighted by Crippen LogP contribution is 2.22. The van der Waals surface area contributed by atoms with Crippen LogP contribution >= 0.6 is 15.9 Å². The fourth-order valence-corrected chi connectivity index (χ4v) is 1.62. The molecule has 0 radical (unpaired) electrons. The Balaban J connectivity index is 2.89. The van der Waals surface area contributed by atoms with Crippen LogP contribution in [0, 0.1) is 17.6 Å². The van der Waals surface area contributed by atoms with Crippen molar-refractivity contribution in [2.24, 2.45) is 5.92 Å². The predicted octanol–water partition coefficient (Wildman–Crippen LogP) is 2.68. The number of carbonyl (C=O) groups excluding carboxylic acids is 3. The molecule has 7 heteroatoms. The third-order valence-corrected chi connectivity index (χ3v) is 3.32. The standard InChI is InChI=1S/C13H11BrF2O4/c1-6(11(18)5-20-7(2)17)13(19)8-3-9(15)12(14)10(16)4-8/h3-4,6H,5H2,1-2H3. The van der Waals surface area contributed by atoms with E-state index in [1.165, 1.54) is 6.92 Å². The Bertz CT molecular complexity index is 548. The summed E-state index contributed by atoms with van der Waals surface area (Å²) in [6.45, 7) is 1.86. The second kappa shape index (κ2) is 6.69. The number of ether oxygens (including phenoxy) is 1. The third kappa shape index (κ3) is 3.93. The third-order valence-electron chi connectivity index (χ3n) is 2.56. The normalized spacial score (nSPS) is 11.8. The fourth-order valence-electron chi connectivity index (χ4n) is 1.39. The Morgan fingerprint density at radius 3 is 2.20 bits per heavy atom. The first-order chi connectivity index (χ1) is 9.23. The minimum atomic E-state index is -1.16. The maximum Gasteiger partial charge on any atom is 0.303 e. The van der Waals surface area contributed by atoms with Gasteiger partial charge in [0.05, 0.1) is 10.4 Å². The number of carbonyl (C=O) groups is 3. The maximum absolute atomic E-state index is 13.3. The average molecular weight is 349 g/mol. The lowest BCUT2D eigenvalue weighted by Gasteiger charge is -2.10. The summed E-state index contributed by atoms with van der Waals surface area (Å²) in [6, 6.07) is 1.68. The number of hydrogen-bond acceptors (Lipinski definition) is 4. The van der Waals surface area contributed by atoms with Crippen LogP contribution in [-0.4, -0.2) is 24.1 Å². The summed E-state index contributed by atoms with van der Waals surface area (Å²) in [7, 11) is 0. The molecule has 0 amide bonds. The lowest BCUT2D eigenvalue weighted by Crippen LogP contribution is -2.26. The van der Waals surface area contributed by atoms with E-state index in [0.29, 0.717) is 0 Å². The molecule has 0 aromatic heterocycles. The van der Waals surface area contributed by atoms with E-state index in [2.05, 4.69) is 20.7 Å². The van der Waals surface area contributed by atoms with E-state index in [0.717, 1.165) is 19.1 Å². The van der Waals surface area contributed by atoms with Crippen molar-refractivity contribution >= 4 is 33.5 Å². The van der Waals surface area contributed by atoms with Gasteiger partial charge in [-0.1, -0.05) is 0 Å². The van der Waals surface area contributed by atoms with Crippen LogP contribution in [0.3, 0.4) is 0 Å². The lowest BCUT2D eigenvalue weighted by atomic mass is 9.95. The van der Waals surface area contributed by atoms with Crippen molar-refractivity contribution in [3.63, 3.8) is 0 Å². The highest BCUT2D eigenvalue weighted by molar-refractivity contribution is 9.10. The lowest BCUT2D eigenvalue weighted by molar-refractivity contribution is -0.146. The molecular weight excluding hydrogens is 338 g/mol. The number of ketones is 2. The molecule has 1 aromatic rings. The van der Waals surface area contributed by atoms with Crippen molar-refractivity contribution in [2.75, 3.05) is 6.61 Å². The molecule has 0 saturated carbocycles. The number of halogens is 3. The van der Waals surface area contributed by atoms with E-state index in [1.807, 2.05) is 0 Å². The van der Waals surface area contributed by atoms with Crippen molar-refractivity contribution in [2.45, 2.75) is 13.8 Å². The van der Waals surface area contributed by atoms with E-state index in [4.69, 9.17) is 0 Å². The molecule has 0 N–H and O–H groups in total. The van der Waals surface area contributed by atoms with Gasteiger partial charge >= 0.3 is 5.97 Å². The van der Waals surface area contributed by atoms with Gasteiger partial charge in [-0.05, 0) is 35.0 Å². The van der Waals surface area contributed by atoms with Crippen LogP contribution in [0.25, 0.3) is 0 Å². The van der Waals surface area contributed by atoms with Crippen LogP contribution < -0.4 is 0 Å². The first-order valence-corrected chi connectivity index (χ1v) is 6.38. The first-order valence-electron chi connectivity index (χ1n) is 5.59. The Morgan fingerprint density at radius 2 is 1.75 bits per heavy atom. The Kier molecular flexibility index (Phi) is 5.50. The van der Waals surface area contributed by atoms with Crippen LogP contribution in [0.5, 0.6) is 0 Å². The molecule has 0 aliphatic carbocycles. The molecule has 1 rings (SSSR count). The summed E-state index contributed by atoms with van der Waals surface area (Å²) in [6.07, 6.45) is 0. The van der Waals surface area contributed by atoms with Gasteiger partial charge < -0.3 is 4.74 Å². The maximum atomic E-state index is 13.3. The van der Waals surface area contributed by atoms with Gasteiger partial charge in [0.15, 0.2) is 18.2 Å². The van der Waals surface area contributed by atoms with E-state index in [-0.39, 0.29) is 10.0 Å². The molecular formula is C13H11BrF2O4. The van der Waals surface area contributed by atoms with Crippen LogP contribution in [0.1, 0.15) is 24.2 Å². The molecule has 0 spiro atoms. The number of benzene rings is 1. The van der Waals surface area contributed by atoms with Crippen molar-refractivity contribution in [1.29, 1.82) is 0 Å². The first kappa shape index (κ1) is 16.4. The predicted molar refractivity (Wildman–Crippen MR) is 69.2 cm³/mol. The van der Waals surface area contributed by atoms with E-state index in [9.17, 15) is 23.2 Å². The molecule has 0 saturated heterocycles. The molecule has 1 aromatic carbocycles. The van der Waals surface area contributed by atoms with Crippen molar-refractivity contribution < 1.29 is 27.9 Å². The average Bonchev–Trinajstić information content (AvgIpc) is 2.39. The molecule has 0 fully saturated rings. The second-order valence-corrected chi connectivity index (χ2v) is 4.88. The second-order valence-electron chi connectivity index (χ2n) is 4.09. The van der Waals surface area contributed by atoms with E-state index < -0.39 is 41.7 Å². The van der Waals surface area contributed by atoms with Crippen LogP contribution in [-0.2, 0) is 14.3 Å². The zero-order valence-corrected chi connectivity index (χ0v) is 12.3. The summed E-state index contributed by atoms with van der Waals surface area (Å²) in [4.78, 5) is 34.1. The molecule has 4 nitrogen and oxygen atoms in total. The van der Waals surface area contributed by atoms with E-state index in [1.54, 1.807) is 0 Å². The van der Waals surface area contributed by atoms with Gasteiger partial charge in [0, 0.05) is 12.5 Å². The molecule has 108 valence electrons. The molecule has 20 heavy (non-hydrogen) atoms. The summed E-state index contributed by atoms with van der Waals surface area (Å²) in [5.41, 5.74) is -0.258. The number of hydrogen-bond donors (Lipinski definition) is 0. The number of rotatable bonds is 5. The van der Waals surface area contributed by atoms with Gasteiger partial charge in [-0.25, -0.2) is 8.78 Å². The minimum Gasteiger partial charge on any atom is -0.458 e. The molecule has 1 unspecified atom stereocenters. The summed E-state index contributed by atoms with van der Waals surface area (Å²) < 4.78 is 30.8. The van der Waals surface area contributed by atoms with Gasteiger partial charge in [0.1, 0.15) is 11.6 Å². The van der Waals surface area contributed by atoms with Crippen molar-refractivity contribution in [1.82, 2.24) is 0 Å². The number of Topliss-reactive ketones (excluding diaryl/α,β-unsaturated/α-hetero) is 2. The van der Waals surface area contributed by atoms with Gasteiger partial charge in [-0.2, -0.15) is 0 Å². The largest absolute Gasteiger partial charge is 0.458 e. The van der Waals surface area contributed by atoms with Gasteiger partial charge in [-0.15, -0.1) is 0 Å². The van der Waals surface area contributed by atoms with Crippen LogP contribution in [0.4, 0.5) is 8.78 Å². The van der Waals surface area contributed by atoms with Gasteiger partial charge in [-0.3, -0.25) is 14.4 Å². The number of esters is 1. The Hall–Kier alpha value is -1.63. The zero-order chi connectivity index (χ0) is 15.4. The molecule has 1 atom stereocenters. The van der Waals surface area contributed by atoms with Crippen LogP contribution in [0.2, 0.25) is 0 Å². The Morgan fingerprint density at radius 1 is 1.25 bits per heavy atom. The summed E-state index contributed by atoms with van der Waals surface area (Å²) in [5.74, 6) is -5.07. The summed E-state index contributed by atoms with van der Waals surface area (Å²) >= 11 is 2.68. The summed E-state index contributed by atoms with van der Waals surface area (Å²) in [5, 5.41) is 0. The quantitative estimate of drug-likeness (QED) is 0.355. The fraction of sp³-hybridized carbons (Fsp3) is 0.308. The molecule has 0 aliphatic rings. The zero-order valence-electron chi connectivity index (χ0n) is 10.7. The highest BCUT2D eigenvalue weighted by atomic mass is 79.9. The smallest absolute Gasteiger partial charge is 0.303 e. The molecule has 0 bridgehead atoms. The van der Waals surface area contributed by atoms with Crippen LogP contribution in [0.15, 0.2) is 16.6 Å². The monoisotopic (exact) mass is 348 g/mol. The molecule has 0 heterocycles. The highest BCUT2D eigenvalue weighted by Gasteiger charge is 2.25. The Labute approximate surface area is 122 Å². The molecule has 0 aliphatic heterocycles. The SMILES string of the molecule is CC(=O)OCC(=O)C(C)C(=O)c1cc(F)c(Br)c(F)c1. The van der Waals surface area contributed by atoms with Gasteiger partial charge in [0.25, 0.3) is 0 Å². The minimum absolute atomic E-state index is 0.258. The van der Waals surface area contributed by atoms with E-state index >= 15 is 0 Å².